The van der Waals surface area contributed by atoms with Crippen LogP contribution in [0.1, 0.15) is 17.5 Å². The fraction of sp³-hybridized carbons (Fsp3) is 0.409. The molecule has 1 aliphatic rings. The molecule has 0 atom stereocenters. The van der Waals surface area contributed by atoms with Crippen LogP contribution < -0.4 is 9.47 Å². The zero-order valence-electron chi connectivity index (χ0n) is 16.2. The van der Waals surface area contributed by atoms with Gasteiger partial charge in [0.05, 0.1) is 14.2 Å². The minimum Gasteiger partial charge on any atom is -0.497 e. The van der Waals surface area contributed by atoms with Crippen LogP contribution in [-0.2, 0) is 17.8 Å². The standard InChI is InChI=1S/C22H28N2O3/c1-26-20-14-19(15-21(16-20)27-2)8-9-22(25)24-12-10-23(11-13-24)17-18-6-4-3-5-7-18/h3-7,14-16H,8-13,17H2,1-2H3. The average molecular weight is 368 g/mol. The normalized spacial score (nSPS) is 14.8. The number of methoxy groups -OCH3 is 2. The van der Waals surface area contributed by atoms with Crippen LogP contribution in [0, 0.1) is 0 Å². The number of hydrogen-bond acceptors (Lipinski definition) is 4. The summed E-state index contributed by atoms with van der Waals surface area (Å²) < 4.78 is 10.6. The Hall–Kier alpha value is -2.53. The van der Waals surface area contributed by atoms with Gasteiger partial charge in [0, 0.05) is 45.2 Å². The maximum Gasteiger partial charge on any atom is 0.222 e. The molecule has 1 saturated heterocycles. The Balaban J connectivity index is 1.47. The molecule has 2 aromatic rings. The van der Waals surface area contributed by atoms with Crippen molar-refractivity contribution in [1.29, 1.82) is 0 Å². The summed E-state index contributed by atoms with van der Waals surface area (Å²) in [5.41, 5.74) is 2.38. The lowest BCUT2D eigenvalue weighted by Gasteiger charge is -2.34. The number of carbonyl (C=O) groups is 1. The molecule has 0 unspecified atom stereocenters. The quantitative estimate of drug-likeness (QED) is 0.754. The Morgan fingerprint density at radius 1 is 0.889 bits per heavy atom. The second kappa shape index (κ2) is 9.42. The maximum absolute atomic E-state index is 12.6. The minimum absolute atomic E-state index is 0.219. The molecule has 3 rings (SSSR count). The van der Waals surface area contributed by atoms with E-state index in [1.165, 1.54) is 5.56 Å². The molecule has 2 aromatic carbocycles. The number of piperazine rings is 1. The van der Waals surface area contributed by atoms with Crippen molar-refractivity contribution in [3.63, 3.8) is 0 Å². The molecule has 27 heavy (non-hydrogen) atoms. The van der Waals surface area contributed by atoms with Gasteiger partial charge in [0.25, 0.3) is 0 Å². The van der Waals surface area contributed by atoms with E-state index < -0.39 is 0 Å². The Morgan fingerprint density at radius 2 is 1.52 bits per heavy atom. The van der Waals surface area contributed by atoms with E-state index in [0.717, 1.165) is 49.8 Å². The molecule has 1 amide bonds. The number of carbonyl (C=O) groups excluding carboxylic acids is 1. The summed E-state index contributed by atoms with van der Waals surface area (Å²) >= 11 is 0. The summed E-state index contributed by atoms with van der Waals surface area (Å²) in [7, 11) is 3.28. The molecule has 0 saturated carbocycles. The molecule has 0 aromatic heterocycles. The van der Waals surface area contributed by atoms with Gasteiger partial charge in [0.15, 0.2) is 0 Å². The molecular weight excluding hydrogens is 340 g/mol. The van der Waals surface area contributed by atoms with Crippen LogP contribution in [0.4, 0.5) is 0 Å². The first-order valence-corrected chi connectivity index (χ1v) is 9.44. The summed E-state index contributed by atoms with van der Waals surface area (Å²) in [4.78, 5) is 17.0. The van der Waals surface area contributed by atoms with Crippen molar-refractivity contribution in [2.45, 2.75) is 19.4 Å². The van der Waals surface area contributed by atoms with Crippen molar-refractivity contribution in [1.82, 2.24) is 9.80 Å². The Labute approximate surface area is 161 Å². The Kier molecular flexibility index (Phi) is 6.71. The van der Waals surface area contributed by atoms with E-state index in [0.29, 0.717) is 12.8 Å². The highest BCUT2D eigenvalue weighted by molar-refractivity contribution is 5.76. The lowest BCUT2D eigenvalue weighted by atomic mass is 10.1. The fourth-order valence-corrected chi connectivity index (χ4v) is 3.42. The highest BCUT2D eigenvalue weighted by atomic mass is 16.5. The van der Waals surface area contributed by atoms with Crippen molar-refractivity contribution in [3.8, 4) is 11.5 Å². The van der Waals surface area contributed by atoms with Crippen LogP contribution in [0.2, 0.25) is 0 Å². The van der Waals surface area contributed by atoms with Gasteiger partial charge in [-0.25, -0.2) is 0 Å². The average Bonchev–Trinajstić information content (AvgIpc) is 2.73. The third-order valence-electron chi connectivity index (χ3n) is 5.01. The molecule has 1 aliphatic heterocycles. The number of aryl methyl sites for hydroxylation is 1. The topological polar surface area (TPSA) is 42.0 Å². The predicted octanol–water partition coefficient (Wildman–Crippen LogP) is 2.98. The first kappa shape index (κ1) is 19.2. The van der Waals surface area contributed by atoms with Crippen molar-refractivity contribution in [2.24, 2.45) is 0 Å². The molecular formula is C22H28N2O3. The molecule has 1 heterocycles. The van der Waals surface area contributed by atoms with E-state index in [-0.39, 0.29) is 5.91 Å². The summed E-state index contributed by atoms with van der Waals surface area (Å²) in [6, 6.07) is 16.3. The van der Waals surface area contributed by atoms with Crippen LogP contribution in [-0.4, -0.2) is 56.1 Å². The molecule has 5 heteroatoms. The zero-order valence-corrected chi connectivity index (χ0v) is 16.2. The Bertz CT molecular complexity index is 718. The van der Waals surface area contributed by atoms with Gasteiger partial charge in [-0.1, -0.05) is 30.3 Å². The molecule has 5 nitrogen and oxygen atoms in total. The van der Waals surface area contributed by atoms with Gasteiger partial charge in [0.2, 0.25) is 5.91 Å². The van der Waals surface area contributed by atoms with Crippen molar-refractivity contribution >= 4 is 5.91 Å². The third-order valence-corrected chi connectivity index (χ3v) is 5.01. The zero-order chi connectivity index (χ0) is 19.1. The molecule has 0 aliphatic carbocycles. The highest BCUT2D eigenvalue weighted by Crippen LogP contribution is 2.23. The van der Waals surface area contributed by atoms with Crippen LogP contribution in [0.5, 0.6) is 11.5 Å². The molecule has 0 N–H and O–H groups in total. The fourth-order valence-electron chi connectivity index (χ4n) is 3.42. The minimum atomic E-state index is 0.219. The van der Waals surface area contributed by atoms with E-state index >= 15 is 0 Å². The van der Waals surface area contributed by atoms with E-state index in [1.807, 2.05) is 29.2 Å². The summed E-state index contributed by atoms with van der Waals surface area (Å²) in [5, 5.41) is 0. The predicted molar refractivity (Wildman–Crippen MR) is 106 cm³/mol. The van der Waals surface area contributed by atoms with Crippen LogP contribution in [0.3, 0.4) is 0 Å². The third kappa shape index (κ3) is 5.47. The van der Waals surface area contributed by atoms with Crippen molar-refractivity contribution in [2.75, 3.05) is 40.4 Å². The van der Waals surface area contributed by atoms with Gasteiger partial charge < -0.3 is 14.4 Å². The second-order valence-electron chi connectivity index (χ2n) is 6.86. The first-order valence-electron chi connectivity index (χ1n) is 9.44. The Morgan fingerprint density at radius 3 is 2.11 bits per heavy atom. The number of benzene rings is 2. The largest absolute Gasteiger partial charge is 0.497 e. The summed E-state index contributed by atoms with van der Waals surface area (Å²) in [6.07, 6.45) is 1.20. The summed E-state index contributed by atoms with van der Waals surface area (Å²) in [5.74, 6) is 1.73. The monoisotopic (exact) mass is 368 g/mol. The van der Waals surface area contributed by atoms with E-state index in [2.05, 4.69) is 29.2 Å². The molecule has 1 fully saturated rings. The molecule has 0 radical (unpaired) electrons. The van der Waals surface area contributed by atoms with Crippen molar-refractivity contribution < 1.29 is 14.3 Å². The number of ether oxygens (including phenoxy) is 2. The van der Waals surface area contributed by atoms with Gasteiger partial charge in [-0.2, -0.15) is 0 Å². The number of amides is 1. The smallest absolute Gasteiger partial charge is 0.222 e. The molecule has 0 spiro atoms. The van der Waals surface area contributed by atoms with E-state index in [9.17, 15) is 4.79 Å². The first-order chi connectivity index (χ1) is 13.2. The van der Waals surface area contributed by atoms with Crippen LogP contribution >= 0.6 is 0 Å². The number of hydrogen-bond donors (Lipinski definition) is 0. The molecule has 0 bridgehead atoms. The molecule has 144 valence electrons. The van der Waals surface area contributed by atoms with Crippen LogP contribution in [0.15, 0.2) is 48.5 Å². The van der Waals surface area contributed by atoms with Gasteiger partial charge in [-0.15, -0.1) is 0 Å². The summed E-state index contributed by atoms with van der Waals surface area (Å²) in [6.45, 7) is 4.40. The number of nitrogens with zero attached hydrogens (tertiary/aromatic N) is 2. The van der Waals surface area contributed by atoms with Gasteiger partial charge >= 0.3 is 0 Å². The van der Waals surface area contributed by atoms with Gasteiger partial charge in [-0.05, 0) is 29.7 Å². The van der Waals surface area contributed by atoms with Gasteiger partial charge in [-0.3, -0.25) is 9.69 Å². The van der Waals surface area contributed by atoms with Crippen molar-refractivity contribution in [3.05, 3.63) is 59.7 Å². The lowest BCUT2D eigenvalue weighted by Crippen LogP contribution is -2.48. The van der Waals surface area contributed by atoms with E-state index in [1.54, 1.807) is 14.2 Å². The second-order valence-corrected chi connectivity index (χ2v) is 6.86. The van der Waals surface area contributed by atoms with E-state index in [4.69, 9.17) is 9.47 Å². The lowest BCUT2D eigenvalue weighted by molar-refractivity contribution is -0.133. The highest BCUT2D eigenvalue weighted by Gasteiger charge is 2.21. The SMILES string of the molecule is COc1cc(CCC(=O)N2CCN(Cc3ccccc3)CC2)cc(OC)c1. The van der Waals surface area contributed by atoms with Crippen LogP contribution in [0.25, 0.3) is 0 Å². The maximum atomic E-state index is 12.6. The number of rotatable bonds is 7. The van der Waals surface area contributed by atoms with Gasteiger partial charge in [0.1, 0.15) is 11.5 Å².